The first-order chi connectivity index (χ1) is 7.76. The van der Waals surface area contributed by atoms with Gasteiger partial charge in [-0.15, -0.1) is 11.3 Å². The fraction of sp³-hybridized carbons (Fsp3) is 0.714. The molecule has 0 aromatic carbocycles. The third-order valence-corrected chi connectivity index (χ3v) is 4.47. The highest BCUT2D eigenvalue weighted by atomic mass is 79.9. The molecule has 0 amide bonds. The summed E-state index contributed by atoms with van der Waals surface area (Å²) in [4.78, 5) is 1.38. The van der Waals surface area contributed by atoms with Gasteiger partial charge in [-0.2, -0.15) is 0 Å². The smallest absolute Gasteiger partial charge is 0.0285 e. The van der Waals surface area contributed by atoms with Crippen molar-refractivity contribution < 1.29 is 0 Å². The van der Waals surface area contributed by atoms with E-state index in [9.17, 15) is 0 Å². The van der Waals surface area contributed by atoms with Gasteiger partial charge in [0, 0.05) is 20.8 Å². The summed E-state index contributed by atoms with van der Waals surface area (Å²) in [5.74, 6) is 0.702. The molecular formula is C14H24BrNS. The summed E-state index contributed by atoms with van der Waals surface area (Å²) in [6.07, 6.45) is 3.37. The molecule has 2 atom stereocenters. The van der Waals surface area contributed by atoms with E-state index in [4.69, 9.17) is 5.73 Å². The van der Waals surface area contributed by atoms with Crippen LogP contribution >= 0.6 is 27.3 Å². The third kappa shape index (κ3) is 6.58. The summed E-state index contributed by atoms with van der Waals surface area (Å²) in [5, 5.41) is 2.13. The Hall–Kier alpha value is 0.140. The van der Waals surface area contributed by atoms with Gasteiger partial charge in [0.1, 0.15) is 0 Å². The summed E-state index contributed by atoms with van der Waals surface area (Å²) in [6.45, 7) is 9.21. The van der Waals surface area contributed by atoms with Crippen molar-refractivity contribution >= 4 is 27.3 Å². The van der Waals surface area contributed by atoms with Crippen LogP contribution in [0.2, 0.25) is 0 Å². The first-order valence-electron chi connectivity index (χ1n) is 6.25. The van der Waals surface area contributed by atoms with Gasteiger partial charge < -0.3 is 5.73 Å². The molecule has 1 heterocycles. The molecule has 0 saturated carbocycles. The summed E-state index contributed by atoms with van der Waals surface area (Å²) in [6, 6.07) is 2.47. The lowest BCUT2D eigenvalue weighted by Gasteiger charge is -2.25. The van der Waals surface area contributed by atoms with Gasteiger partial charge in [-0.25, -0.2) is 0 Å². The van der Waals surface area contributed by atoms with Crippen LogP contribution < -0.4 is 5.73 Å². The Labute approximate surface area is 118 Å². The van der Waals surface area contributed by atoms with Crippen molar-refractivity contribution in [2.75, 3.05) is 0 Å². The molecule has 1 rings (SSSR count). The summed E-state index contributed by atoms with van der Waals surface area (Å²) >= 11 is 5.27. The SMILES string of the molecule is CC(CC(N)Cc1cc(Br)cs1)CC(C)(C)C. The van der Waals surface area contributed by atoms with E-state index in [1.807, 2.05) is 0 Å². The number of halogens is 1. The Morgan fingerprint density at radius 1 is 1.41 bits per heavy atom. The van der Waals surface area contributed by atoms with Gasteiger partial charge in [-0.05, 0) is 52.6 Å². The van der Waals surface area contributed by atoms with Crippen LogP contribution in [0.3, 0.4) is 0 Å². The van der Waals surface area contributed by atoms with Crippen LogP contribution in [0.25, 0.3) is 0 Å². The fourth-order valence-electron chi connectivity index (χ4n) is 2.45. The van der Waals surface area contributed by atoms with E-state index in [1.54, 1.807) is 11.3 Å². The van der Waals surface area contributed by atoms with Crippen molar-refractivity contribution in [1.82, 2.24) is 0 Å². The zero-order valence-electron chi connectivity index (χ0n) is 11.3. The Bertz CT molecular complexity index is 340. The number of hydrogen-bond acceptors (Lipinski definition) is 2. The molecule has 1 aromatic heterocycles. The summed E-state index contributed by atoms with van der Waals surface area (Å²) in [5.41, 5.74) is 6.63. The topological polar surface area (TPSA) is 26.0 Å². The van der Waals surface area contributed by atoms with E-state index in [2.05, 4.69) is 55.1 Å². The average Bonchev–Trinajstić information content (AvgIpc) is 2.46. The molecular weight excluding hydrogens is 294 g/mol. The highest BCUT2D eigenvalue weighted by Crippen LogP contribution is 2.27. The van der Waals surface area contributed by atoms with Gasteiger partial charge in [0.15, 0.2) is 0 Å². The first-order valence-corrected chi connectivity index (χ1v) is 7.92. The standard InChI is InChI=1S/C14H24BrNS/c1-10(8-14(2,3)4)5-12(16)7-13-6-11(15)9-17-13/h6,9-10,12H,5,7-8,16H2,1-4H3. The van der Waals surface area contributed by atoms with Crippen molar-refractivity contribution in [1.29, 1.82) is 0 Å². The van der Waals surface area contributed by atoms with E-state index < -0.39 is 0 Å². The molecule has 98 valence electrons. The number of rotatable bonds is 5. The van der Waals surface area contributed by atoms with Crippen LogP contribution in [-0.4, -0.2) is 6.04 Å². The van der Waals surface area contributed by atoms with Crippen molar-refractivity contribution in [3.8, 4) is 0 Å². The molecule has 2 unspecified atom stereocenters. The van der Waals surface area contributed by atoms with Crippen LogP contribution in [0.5, 0.6) is 0 Å². The van der Waals surface area contributed by atoms with Gasteiger partial charge >= 0.3 is 0 Å². The normalized spacial score (nSPS) is 15.9. The van der Waals surface area contributed by atoms with E-state index >= 15 is 0 Å². The Balaban J connectivity index is 2.36. The van der Waals surface area contributed by atoms with Crippen LogP contribution in [0.15, 0.2) is 15.9 Å². The maximum atomic E-state index is 6.23. The minimum absolute atomic E-state index is 0.290. The predicted molar refractivity (Wildman–Crippen MR) is 81.6 cm³/mol. The van der Waals surface area contributed by atoms with Gasteiger partial charge in [0.25, 0.3) is 0 Å². The van der Waals surface area contributed by atoms with Crippen LogP contribution in [0.4, 0.5) is 0 Å². The van der Waals surface area contributed by atoms with E-state index in [0.29, 0.717) is 11.3 Å². The predicted octanol–water partition coefficient (Wildman–Crippen LogP) is 4.84. The van der Waals surface area contributed by atoms with Crippen molar-refractivity contribution in [3.63, 3.8) is 0 Å². The van der Waals surface area contributed by atoms with Crippen molar-refractivity contribution in [3.05, 3.63) is 20.8 Å². The molecule has 3 heteroatoms. The fourth-order valence-corrected chi connectivity index (χ4v) is 3.99. The molecule has 17 heavy (non-hydrogen) atoms. The monoisotopic (exact) mass is 317 g/mol. The lowest BCUT2D eigenvalue weighted by Crippen LogP contribution is -2.26. The molecule has 0 saturated heterocycles. The average molecular weight is 318 g/mol. The number of thiophene rings is 1. The second kappa shape index (κ2) is 6.35. The minimum atomic E-state index is 0.290. The second-order valence-corrected chi connectivity index (χ2v) is 8.21. The van der Waals surface area contributed by atoms with Gasteiger partial charge in [-0.3, -0.25) is 0 Å². The van der Waals surface area contributed by atoms with Gasteiger partial charge in [0.05, 0.1) is 0 Å². The second-order valence-electron chi connectivity index (χ2n) is 6.30. The summed E-state index contributed by atoms with van der Waals surface area (Å²) in [7, 11) is 0. The van der Waals surface area contributed by atoms with Gasteiger partial charge in [-0.1, -0.05) is 27.7 Å². The molecule has 1 aromatic rings. The number of hydrogen-bond donors (Lipinski definition) is 1. The van der Waals surface area contributed by atoms with E-state index in [0.717, 1.165) is 12.8 Å². The Morgan fingerprint density at radius 3 is 2.53 bits per heavy atom. The summed E-state index contributed by atoms with van der Waals surface area (Å²) < 4.78 is 1.17. The van der Waals surface area contributed by atoms with Crippen LogP contribution in [0, 0.1) is 11.3 Å². The largest absolute Gasteiger partial charge is 0.327 e. The maximum Gasteiger partial charge on any atom is 0.0285 e. The molecule has 1 nitrogen and oxygen atoms in total. The van der Waals surface area contributed by atoms with E-state index in [1.165, 1.54) is 15.8 Å². The molecule has 0 radical (unpaired) electrons. The molecule has 2 N–H and O–H groups in total. The zero-order valence-corrected chi connectivity index (χ0v) is 13.7. The molecule has 0 spiro atoms. The zero-order chi connectivity index (χ0) is 13.1. The molecule has 0 aliphatic heterocycles. The number of nitrogens with two attached hydrogens (primary N) is 1. The molecule has 0 bridgehead atoms. The molecule has 0 aliphatic rings. The highest BCUT2D eigenvalue weighted by molar-refractivity contribution is 9.10. The lowest BCUT2D eigenvalue weighted by atomic mass is 9.82. The Morgan fingerprint density at radius 2 is 2.06 bits per heavy atom. The Kier molecular flexibility index (Phi) is 5.68. The molecule has 0 aliphatic carbocycles. The maximum absolute atomic E-state index is 6.23. The van der Waals surface area contributed by atoms with Crippen LogP contribution in [0.1, 0.15) is 45.4 Å². The van der Waals surface area contributed by atoms with E-state index in [-0.39, 0.29) is 6.04 Å². The third-order valence-electron chi connectivity index (χ3n) is 2.75. The van der Waals surface area contributed by atoms with Crippen molar-refractivity contribution in [2.24, 2.45) is 17.1 Å². The quantitative estimate of drug-likeness (QED) is 0.826. The highest BCUT2D eigenvalue weighted by Gasteiger charge is 2.17. The lowest BCUT2D eigenvalue weighted by molar-refractivity contribution is 0.285. The minimum Gasteiger partial charge on any atom is -0.327 e. The van der Waals surface area contributed by atoms with Crippen LogP contribution in [-0.2, 0) is 6.42 Å². The van der Waals surface area contributed by atoms with Crippen molar-refractivity contribution in [2.45, 2.75) is 53.0 Å². The first kappa shape index (κ1) is 15.2. The van der Waals surface area contributed by atoms with Gasteiger partial charge in [0.2, 0.25) is 0 Å². The molecule has 0 fully saturated rings.